The van der Waals surface area contributed by atoms with Crippen molar-refractivity contribution in [1.29, 1.82) is 0 Å². The fourth-order valence-electron chi connectivity index (χ4n) is 1.71. The molecule has 5 heteroatoms. The van der Waals surface area contributed by atoms with Crippen LogP contribution in [0.3, 0.4) is 0 Å². The highest BCUT2D eigenvalue weighted by molar-refractivity contribution is 7.18. The molecular formula is C14H20N4S. The molecule has 19 heavy (non-hydrogen) atoms. The summed E-state index contributed by atoms with van der Waals surface area (Å²) in [5, 5.41) is 8.74. The number of nitrogens with one attached hydrogen (secondary N) is 2. The molecule has 0 saturated carbocycles. The van der Waals surface area contributed by atoms with Gasteiger partial charge in [0.05, 0.1) is 10.2 Å². The van der Waals surface area contributed by atoms with E-state index in [1.165, 1.54) is 5.56 Å². The summed E-state index contributed by atoms with van der Waals surface area (Å²) in [6.45, 7) is 10.8. The highest BCUT2D eigenvalue weighted by atomic mass is 32.1. The molecule has 2 heterocycles. The van der Waals surface area contributed by atoms with Gasteiger partial charge in [-0.1, -0.05) is 13.0 Å². The van der Waals surface area contributed by atoms with Gasteiger partial charge in [-0.25, -0.2) is 4.98 Å². The fourth-order valence-corrected chi connectivity index (χ4v) is 2.65. The number of thiophene rings is 1. The van der Waals surface area contributed by atoms with E-state index in [0.717, 1.165) is 22.5 Å². The average molecular weight is 276 g/mol. The molecule has 0 aromatic carbocycles. The number of hydrogen-bond donors (Lipinski definition) is 2. The third-order valence-electron chi connectivity index (χ3n) is 2.99. The molecule has 0 aliphatic carbocycles. The van der Waals surface area contributed by atoms with Gasteiger partial charge in [0.15, 0.2) is 0 Å². The monoisotopic (exact) mass is 276 g/mol. The minimum absolute atomic E-state index is 0.396. The Bertz CT molecular complexity index is 576. The van der Waals surface area contributed by atoms with Gasteiger partial charge in [0, 0.05) is 12.6 Å². The van der Waals surface area contributed by atoms with Crippen molar-refractivity contribution in [3.63, 3.8) is 0 Å². The zero-order chi connectivity index (χ0) is 13.8. The fraction of sp³-hybridized carbons (Fsp3) is 0.429. The van der Waals surface area contributed by atoms with Crippen molar-refractivity contribution in [2.45, 2.75) is 33.2 Å². The van der Waals surface area contributed by atoms with E-state index in [4.69, 9.17) is 0 Å². The molecule has 2 rings (SSSR count). The molecule has 0 bridgehead atoms. The van der Waals surface area contributed by atoms with Crippen LogP contribution in [0.5, 0.6) is 0 Å². The number of aromatic nitrogens is 2. The summed E-state index contributed by atoms with van der Waals surface area (Å²) in [5.41, 5.74) is 2.22. The molecule has 0 spiro atoms. The summed E-state index contributed by atoms with van der Waals surface area (Å²) < 4.78 is 1.13. The van der Waals surface area contributed by atoms with Crippen LogP contribution in [0.25, 0.3) is 10.2 Å². The molecule has 0 amide bonds. The molecule has 0 aliphatic heterocycles. The van der Waals surface area contributed by atoms with Crippen molar-refractivity contribution in [2.75, 3.05) is 17.2 Å². The predicted molar refractivity (Wildman–Crippen MR) is 84.2 cm³/mol. The SMILES string of the molecule is C=CCNc1nc(NC(C)CC)c2scc(C)c2n1. The van der Waals surface area contributed by atoms with E-state index in [2.05, 4.69) is 53.3 Å². The largest absolute Gasteiger partial charge is 0.366 e. The van der Waals surface area contributed by atoms with Gasteiger partial charge >= 0.3 is 0 Å². The zero-order valence-electron chi connectivity index (χ0n) is 11.7. The molecule has 1 atom stereocenters. The lowest BCUT2D eigenvalue weighted by Gasteiger charge is -2.14. The second-order valence-corrected chi connectivity index (χ2v) is 5.50. The van der Waals surface area contributed by atoms with Gasteiger partial charge in [0.1, 0.15) is 5.82 Å². The normalized spacial score (nSPS) is 12.4. The summed E-state index contributed by atoms with van der Waals surface area (Å²) in [5.74, 6) is 1.57. The highest BCUT2D eigenvalue weighted by Gasteiger charge is 2.12. The maximum atomic E-state index is 4.57. The summed E-state index contributed by atoms with van der Waals surface area (Å²) >= 11 is 1.69. The van der Waals surface area contributed by atoms with E-state index < -0.39 is 0 Å². The molecular weight excluding hydrogens is 256 g/mol. The number of rotatable bonds is 6. The first-order valence-electron chi connectivity index (χ1n) is 6.52. The van der Waals surface area contributed by atoms with Gasteiger partial charge in [-0.15, -0.1) is 17.9 Å². The minimum atomic E-state index is 0.396. The third kappa shape index (κ3) is 3.04. The number of aryl methyl sites for hydroxylation is 1. The molecule has 2 N–H and O–H groups in total. The third-order valence-corrected chi connectivity index (χ3v) is 4.09. The maximum Gasteiger partial charge on any atom is 0.225 e. The first-order chi connectivity index (χ1) is 9.15. The topological polar surface area (TPSA) is 49.8 Å². The molecule has 2 aromatic heterocycles. The minimum Gasteiger partial charge on any atom is -0.366 e. The quantitative estimate of drug-likeness (QED) is 0.788. The second kappa shape index (κ2) is 6.02. The molecule has 1 unspecified atom stereocenters. The standard InChI is InChI=1S/C14H20N4S/c1-5-7-15-14-17-11-9(3)8-19-12(11)13(18-14)16-10(4)6-2/h5,8,10H,1,6-7H2,2-4H3,(H2,15,16,17,18). The summed E-state index contributed by atoms with van der Waals surface area (Å²) in [6, 6.07) is 0.396. The first kappa shape index (κ1) is 13.8. The molecule has 102 valence electrons. The molecule has 0 fully saturated rings. The molecule has 0 radical (unpaired) electrons. The Morgan fingerprint density at radius 3 is 2.95 bits per heavy atom. The Kier molecular flexibility index (Phi) is 4.37. The van der Waals surface area contributed by atoms with Crippen LogP contribution < -0.4 is 10.6 Å². The van der Waals surface area contributed by atoms with E-state index in [1.54, 1.807) is 17.4 Å². The first-order valence-corrected chi connectivity index (χ1v) is 7.40. The van der Waals surface area contributed by atoms with Crippen LogP contribution in [0.1, 0.15) is 25.8 Å². The van der Waals surface area contributed by atoms with Crippen LogP contribution >= 0.6 is 11.3 Å². The Labute approximate surface area is 118 Å². The zero-order valence-corrected chi connectivity index (χ0v) is 12.5. The Hall–Kier alpha value is -1.62. The summed E-state index contributed by atoms with van der Waals surface area (Å²) in [7, 11) is 0. The molecule has 0 aliphatic rings. The smallest absolute Gasteiger partial charge is 0.225 e. The van der Waals surface area contributed by atoms with Crippen molar-refractivity contribution in [3.05, 3.63) is 23.6 Å². The number of fused-ring (bicyclic) bond motifs is 1. The van der Waals surface area contributed by atoms with Gasteiger partial charge in [-0.05, 0) is 31.2 Å². The lowest BCUT2D eigenvalue weighted by atomic mass is 10.2. The van der Waals surface area contributed by atoms with E-state index in [9.17, 15) is 0 Å². The van der Waals surface area contributed by atoms with Crippen LogP contribution in [0.4, 0.5) is 11.8 Å². The van der Waals surface area contributed by atoms with Crippen molar-refractivity contribution >= 4 is 33.3 Å². The lowest BCUT2D eigenvalue weighted by molar-refractivity contribution is 0.760. The van der Waals surface area contributed by atoms with E-state index >= 15 is 0 Å². The van der Waals surface area contributed by atoms with Gasteiger partial charge in [0.2, 0.25) is 5.95 Å². The van der Waals surface area contributed by atoms with E-state index in [1.807, 2.05) is 0 Å². The number of hydrogen-bond acceptors (Lipinski definition) is 5. The van der Waals surface area contributed by atoms with Crippen LogP contribution in [-0.4, -0.2) is 22.6 Å². The number of nitrogens with zero attached hydrogens (tertiary/aromatic N) is 2. The summed E-state index contributed by atoms with van der Waals surface area (Å²) in [4.78, 5) is 9.14. The van der Waals surface area contributed by atoms with Gasteiger partial charge in [0.25, 0.3) is 0 Å². The van der Waals surface area contributed by atoms with Crippen molar-refractivity contribution in [2.24, 2.45) is 0 Å². The Morgan fingerprint density at radius 1 is 1.47 bits per heavy atom. The van der Waals surface area contributed by atoms with Crippen molar-refractivity contribution < 1.29 is 0 Å². The molecule has 2 aromatic rings. The predicted octanol–water partition coefficient (Wildman–Crippen LogP) is 3.81. The Morgan fingerprint density at radius 2 is 2.26 bits per heavy atom. The van der Waals surface area contributed by atoms with Crippen LogP contribution in [0, 0.1) is 6.92 Å². The van der Waals surface area contributed by atoms with Crippen LogP contribution in [-0.2, 0) is 0 Å². The second-order valence-electron chi connectivity index (χ2n) is 4.62. The van der Waals surface area contributed by atoms with E-state index in [0.29, 0.717) is 18.5 Å². The molecule has 4 nitrogen and oxygen atoms in total. The number of anilines is 2. The van der Waals surface area contributed by atoms with Crippen molar-refractivity contribution in [3.8, 4) is 0 Å². The van der Waals surface area contributed by atoms with Crippen molar-refractivity contribution in [1.82, 2.24) is 9.97 Å². The van der Waals surface area contributed by atoms with E-state index in [-0.39, 0.29) is 0 Å². The van der Waals surface area contributed by atoms with Gasteiger partial charge in [-0.2, -0.15) is 4.98 Å². The maximum absolute atomic E-state index is 4.57. The summed E-state index contributed by atoms with van der Waals surface area (Å²) in [6.07, 6.45) is 2.86. The lowest BCUT2D eigenvalue weighted by Crippen LogP contribution is -2.15. The molecule has 0 saturated heterocycles. The Balaban J connectivity index is 2.43. The van der Waals surface area contributed by atoms with Gasteiger partial charge in [-0.3, -0.25) is 0 Å². The highest BCUT2D eigenvalue weighted by Crippen LogP contribution is 2.31. The average Bonchev–Trinajstić information content (AvgIpc) is 2.78. The van der Waals surface area contributed by atoms with Gasteiger partial charge < -0.3 is 10.6 Å². The van der Waals surface area contributed by atoms with Crippen LogP contribution in [0.15, 0.2) is 18.0 Å². The van der Waals surface area contributed by atoms with Crippen LogP contribution in [0.2, 0.25) is 0 Å².